The van der Waals surface area contributed by atoms with Crippen molar-refractivity contribution in [3.8, 4) is 5.69 Å². The molecule has 1 aromatic heterocycles. The number of nitrogens with zero attached hydrogens (tertiary/aromatic N) is 3. The molecule has 2 N–H and O–H groups in total. The fourth-order valence-corrected chi connectivity index (χ4v) is 2.67. The summed E-state index contributed by atoms with van der Waals surface area (Å²) in [5, 5.41) is 27.5. The zero-order valence-corrected chi connectivity index (χ0v) is 14.5. The third-order valence-electron chi connectivity index (χ3n) is 3.72. The Morgan fingerprint density at radius 2 is 2.08 bits per heavy atom. The average Bonchev–Trinajstić information content (AvgIpc) is 3.01. The zero-order valence-electron chi connectivity index (χ0n) is 14.5. The van der Waals surface area contributed by atoms with Crippen LogP contribution in [-0.4, -0.2) is 38.4 Å². The van der Waals surface area contributed by atoms with Crippen LogP contribution in [0.15, 0.2) is 36.5 Å². The first-order chi connectivity index (χ1) is 11.7. The Balaban J connectivity index is 2.11. The second-order valence-electron chi connectivity index (χ2n) is 6.79. The fraction of sp³-hybridized carbons (Fsp3) is 0.412. The van der Waals surface area contributed by atoms with E-state index in [4.69, 9.17) is 0 Å². The smallest absolute Gasteiger partial charge is 0.294 e. The van der Waals surface area contributed by atoms with Gasteiger partial charge in [-0.2, -0.15) is 5.10 Å². The highest BCUT2D eigenvalue weighted by Gasteiger charge is 2.22. The maximum atomic E-state index is 12.3. The maximum Gasteiger partial charge on any atom is 0.294 e. The van der Waals surface area contributed by atoms with Gasteiger partial charge in [-0.25, -0.2) is 4.68 Å². The highest BCUT2D eigenvalue weighted by Crippen LogP contribution is 2.22. The van der Waals surface area contributed by atoms with E-state index in [0.717, 1.165) is 0 Å². The SMILES string of the molecule is CC(O)CC(C)(C)CNC(=O)c1ccn(-c2ccccc2[N+](=O)[O-])n1. The van der Waals surface area contributed by atoms with Crippen LogP contribution in [0.5, 0.6) is 0 Å². The number of aliphatic hydroxyl groups excluding tert-OH is 1. The third kappa shape index (κ3) is 4.87. The quantitative estimate of drug-likeness (QED) is 0.590. The minimum absolute atomic E-state index is 0.0874. The summed E-state index contributed by atoms with van der Waals surface area (Å²) in [6, 6.07) is 7.70. The van der Waals surface area contributed by atoms with Gasteiger partial charge < -0.3 is 10.4 Å². The van der Waals surface area contributed by atoms with E-state index < -0.39 is 11.0 Å². The molecule has 0 aliphatic heterocycles. The van der Waals surface area contributed by atoms with Crippen LogP contribution in [0.25, 0.3) is 5.69 Å². The molecule has 1 heterocycles. The lowest BCUT2D eigenvalue weighted by atomic mass is 9.87. The monoisotopic (exact) mass is 346 g/mol. The number of benzene rings is 1. The van der Waals surface area contributed by atoms with Crippen LogP contribution in [0, 0.1) is 15.5 Å². The minimum atomic E-state index is -0.491. The minimum Gasteiger partial charge on any atom is -0.393 e. The summed E-state index contributed by atoms with van der Waals surface area (Å²) < 4.78 is 1.31. The van der Waals surface area contributed by atoms with Crippen LogP contribution in [-0.2, 0) is 0 Å². The molecule has 8 nitrogen and oxygen atoms in total. The third-order valence-corrected chi connectivity index (χ3v) is 3.72. The van der Waals surface area contributed by atoms with Gasteiger partial charge in [0.15, 0.2) is 5.69 Å². The van der Waals surface area contributed by atoms with Crippen molar-refractivity contribution in [1.29, 1.82) is 0 Å². The molecule has 1 aromatic carbocycles. The molecule has 0 aliphatic carbocycles. The first-order valence-electron chi connectivity index (χ1n) is 7.95. The van der Waals surface area contributed by atoms with Crippen LogP contribution in [0.3, 0.4) is 0 Å². The van der Waals surface area contributed by atoms with Crippen molar-refractivity contribution in [1.82, 2.24) is 15.1 Å². The molecule has 2 aromatic rings. The van der Waals surface area contributed by atoms with Crippen molar-refractivity contribution in [2.24, 2.45) is 5.41 Å². The highest BCUT2D eigenvalue weighted by molar-refractivity contribution is 5.92. The Hall–Kier alpha value is -2.74. The van der Waals surface area contributed by atoms with E-state index in [-0.39, 0.29) is 22.7 Å². The van der Waals surface area contributed by atoms with Crippen molar-refractivity contribution >= 4 is 11.6 Å². The molecular formula is C17H22N4O4. The number of amides is 1. The van der Waals surface area contributed by atoms with E-state index >= 15 is 0 Å². The van der Waals surface area contributed by atoms with Crippen LogP contribution in [0.1, 0.15) is 37.7 Å². The van der Waals surface area contributed by atoms with E-state index in [2.05, 4.69) is 10.4 Å². The second kappa shape index (κ2) is 7.43. The standard InChI is InChI=1S/C17H22N4O4/c1-12(22)10-17(2,3)11-18-16(23)13-8-9-20(19-13)14-6-4-5-7-15(14)21(24)25/h4-9,12,22H,10-11H2,1-3H3,(H,18,23). The van der Waals surface area contributed by atoms with Gasteiger partial charge in [0.25, 0.3) is 11.6 Å². The Bertz CT molecular complexity index is 768. The van der Waals surface area contributed by atoms with Crippen LogP contribution in [0.2, 0.25) is 0 Å². The molecule has 2 rings (SSSR count). The van der Waals surface area contributed by atoms with E-state index in [0.29, 0.717) is 18.7 Å². The molecule has 0 saturated carbocycles. The summed E-state index contributed by atoms with van der Waals surface area (Å²) in [6.07, 6.45) is 1.61. The van der Waals surface area contributed by atoms with Crippen molar-refractivity contribution < 1.29 is 14.8 Å². The lowest BCUT2D eigenvalue weighted by Crippen LogP contribution is -2.35. The number of nitro benzene ring substituents is 1. The fourth-order valence-electron chi connectivity index (χ4n) is 2.67. The van der Waals surface area contributed by atoms with Gasteiger partial charge in [-0.3, -0.25) is 14.9 Å². The van der Waals surface area contributed by atoms with Gasteiger partial charge in [0.05, 0.1) is 11.0 Å². The summed E-state index contributed by atoms with van der Waals surface area (Å²) in [6.45, 7) is 5.99. The molecular weight excluding hydrogens is 324 g/mol. The summed E-state index contributed by atoms with van der Waals surface area (Å²) in [7, 11) is 0. The predicted octanol–water partition coefficient (Wildman–Crippen LogP) is 2.31. The molecule has 1 atom stereocenters. The number of rotatable bonds is 7. The van der Waals surface area contributed by atoms with Crippen molar-refractivity contribution in [3.05, 3.63) is 52.3 Å². The van der Waals surface area contributed by atoms with E-state index in [1.807, 2.05) is 13.8 Å². The molecule has 0 radical (unpaired) electrons. The summed E-state index contributed by atoms with van der Waals surface area (Å²) in [5.41, 5.74) is 0.118. The Labute approximate surface area is 145 Å². The molecule has 0 spiro atoms. The number of nitrogens with one attached hydrogen (secondary N) is 1. The van der Waals surface area contributed by atoms with E-state index in [9.17, 15) is 20.0 Å². The zero-order chi connectivity index (χ0) is 18.6. The van der Waals surface area contributed by atoms with Gasteiger partial charge in [-0.15, -0.1) is 0 Å². The van der Waals surface area contributed by atoms with Gasteiger partial charge >= 0.3 is 0 Å². The number of hydrogen-bond acceptors (Lipinski definition) is 5. The van der Waals surface area contributed by atoms with Gasteiger partial charge in [0, 0.05) is 18.8 Å². The number of carbonyl (C=O) groups is 1. The highest BCUT2D eigenvalue weighted by atomic mass is 16.6. The van der Waals surface area contributed by atoms with Crippen LogP contribution in [0.4, 0.5) is 5.69 Å². The molecule has 0 saturated heterocycles. The predicted molar refractivity (Wildman–Crippen MR) is 92.6 cm³/mol. The lowest BCUT2D eigenvalue weighted by Gasteiger charge is -2.26. The number of nitro groups is 1. The topological polar surface area (TPSA) is 110 Å². The number of aromatic nitrogens is 2. The lowest BCUT2D eigenvalue weighted by molar-refractivity contribution is -0.384. The second-order valence-corrected chi connectivity index (χ2v) is 6.79. The molecule has 0 fully saturated rings. The molecule has 1 unspecified atom stereocenters. The summed E-state index contributed by atoms with van der Waals surface area (Å²) >= 11 is 0. The molecule has 25 heavy (non-hydrogen) atoms. The van der Waals surface area contributed by atoms with Crippen LogP contribution < -0.4 is 5.32 Å². The Morgan fingerprint density at radius 1 is 1.40 bits per heavy atom. The Kier molecular flexibility index (Phi) is 5.53. The number of para-hydroxylation sites is 2. The number of hydrogen-bond donors (Lipinski definition) is 2. The normalized spacial score (nSPS) is 12.6. The Morgan fingerprint density at radius 3 is 2.72 bits per heavy atom. The van der Waals surface area contributed by atoms with Gasteiger partial charge in [0.2, 0.25) is 0 Å². The van der Waals surface area contributed by atoms with Gasteiger partial charge in [0.1, 0.15) is 5.69 Å². The van der Waals surface area contributed by atoms with Crippen molar-refractivity contribution in [3.63, 3.8) is 0 Å². The van der Waals surface area contributed by atoms with Crippen molar-refractivity contribution in [2.45, 2.75) is 33.3 Å². The molecule has 0 aliphatic rings. The summed E-state index contributed by atoms with van der Waals surface area (Å²) in [5.74, 6) is -0.365. The number of aliphatic hydroxyl groups is 1. The van der Waals surface area contributed by atoms with Crippen molar-refractivity contribution in [2.75, 3.05) is 6.54 Å². The maximum absolute atomic E-state index is 12.3. The molecule has 134 valence electrons. The van der Waals surface area contributed by atoms with Gasteiger partial charge in [-0.1, -0.05) is 26.0 Å². The van der Waals surface area contributed by atoms with Crippen LogP contribution >= 0.6 is 0 Å². The molecule has 1 amide bonds. The average molecular weight is 346 g/mol. The number of carbonyl (C=O) groups excluding carboxylic acids is 1. The first-order valence-corrected chi connectivity index (χ1v) is 7.95. The van der Waals surface area contributed by atoms with E-state index in [1.165, 1.54) is 23.0 Å². The van der Waals surface area contributed by atoms with Gasteiger partial charge in [-0.05, 0) is 30.9 Å². The largest absolute Gasteiger partial charge is 0.393 e. The molecule has 8 heteroatoms. The first kappa shape index (κ1) is 18.6. The molecule has 0 bridgehead atoms. The summed E-state index contributed by atoms with van der Waals surface area (Å²) in [4.78, 5) is 22.9. The van der Waals surface area contributed by atoms with E-state index in [1.54, 1.807) is 25.1 Å².